The summed E-state index contributed by atoms with van der Waals surface area (Å²) in [6.07, 6.45) is 3.05. The van der Waals surface area contributed by atoms with Gasteiger partial charge in [0, 0.05) is 24.5 Å². The Balaban J connectivity index is 1.35. The fourth-order valence-corrected chi connectivity index (χ4v) is 4.15. The van der Waals surface area contributed by atoms with Gasteiger partial charge < -0.3 is 24.8 Å². The summed E-state index contributed by atoms with van der Waals surface area (Å²) >= 11 is 0. The first kappa shape index (κ1) is 31.7. The fraction of sp³-hybridized carbons (Fsp3) is 0.257. The van der Waals surface area contributed by atoms with E-state index in [2.05, 4.69) is 15.6 Å². The van der Waals surface area contributed by atoms with Crippen molar-refractivity contribution in [3.05, 3.63) is 126 Å². The van der Waals surface area contributed by atoms with Crippen molar-refractivity contribution in [2.45, 2.75) is 58.5 Å². The molecular formula is C35H37N3O6. The van der Waals surface area contributed by atoms with Gasteiger partial charge in [-0.05, 0) is 79.4 Å². The largest absolute Gasteiger partial charge is 0.489 e. The number of hydrogen-bond donors (Lipinski definition) is 2. The van der Waals surface area contributed by atoms with E-state index < -0.39 is 23.6 Å². The normalized spacial score (nSPS) is 11.6. The summed E-state index contributed by atoms with van der Waals surface area (Å²) < 4.78 is 16.6. The number of carbonyl (C=O) groups excluding carboxylic acids is 3. The highest BCUT2D eigenvalue weighted by Crippen LogP contribution is 2.17. The number of anilines is 1. The number of alkyl carbamates (subject to hydrolysis) is 1. The smallest absolute Gasteiger partial charge is 0.408 e. The van der Waals surface area contributed by atoms with Crippen LogP contribution in [0.2, 0.25) is 0 Å². The molecule has 1 atom stereocenters. The number of carbonyl (C=O) groups is 3. The lowest BCUT2D eigenvalue weighted by Gasteiger charge is -2.23. The lowest BCUT2D eigenvalue weighted by atomic mass is 10.0. The summed E-state index contributed by atoms with van der Waals surface area (Å²) in [5.74, 6) is -0.0827. The zero-order valence-electron chi connectivity index (χ0n) is 25.1. The number of rotatable bonds is 12. The Labute approximate surface area is 257 Å². The molecule has 1 heterocycles. The monoisotopic (exact) mass is 595 g/mol. The van der Waals surface area contributed by atoms with Gasteiger partial charge in [-0.25, -0.2) is 4.79 Å². The van der Waals surface area contributed by atoms with Crippen molar-refractivity contribution in [2.24, 2.45) is 0 Å². The average Bonchev–Trinajstić information content (AvgIpc) is 3.00. The SMILES string of the molecule is CC(C)(C)OC(=O)N[C@@H](Cc1ccc(OCc2ccncc2)cc1)C(=O)Nc1ccc(CC(=O)OCc2ccccc2)cc1. The van der Waals surface area contributed by atoms with Crippen LogP contribution in [0.25, 0.3) is 0 Å². The molecule has 1 aromatic heterocycles. The minimum Gasteiger partial charge on any atom is -0.489 e. The number of hydrogen-bond acceptors (Lipinski definition) is 7. The van der Waals surface area contributed by atoms with Gasteiger partial charge in [0.25, 0.3) is 0 Å². The number of amides is 2. The van der Waals surface area contributed by atoms with Crippen molar-refractivity contribution in [1.82, 2.24) is 10.3 Å². The van der Waals surface area contributed by atoms with Crippen molar-refractivity contribution >= 4 is 23.7 Å². The van der Waals surface area contributed by atoms with E-state index in [0.29, 0.717) is 18.0 Å². The Kier molecular flexibility index (Phi) is 11.1. The van der Waals surface area contributed by atoms with Crippen LogP contribution in [0, 0.1) is 0 Å². The van der Waals surface area contributed by atoms with Crippen LogP contribution in [0.5, 0.6) is 5.75 Å². The van der Waals surface area contributed by atoms with E-state index in [1.165, 1.54) is 0 Å². The zero-order valence-corrected chi connectivity index (χ0v) is 25.1. The van der Waals surface area contributed by atoms with E-state index in [9.17, 15) is 14.4 Å². The fourth-order valence-electron chi connectivity index (χ4n) is 4.15. The number of aromatic nitrogens is 1. The van der Waals surface area contributed by atoms with Gasteiger partial charge in [0.2, 0.25) is 5.91 Å². The Bertz CT molecular complexity index is 1500. The molecule has 4 rings (SSSR count). The van der Waals surface area contributed by atoms with Crippen LogP contribution in [0.15, 0.2) is 103 Å². The van der Waals surface area contributed by atoms with E-state index >= 15 is 0 Å². The Morgan fingerprint density at radius 2 is 1.39 bits per heavy atom. The van der Waals surface area contributed by atoms with E-state index in [0.717, 1.165) is 22.3 Å². The molecule has 0 unspecified atom stereocenters. The maximum absolute atomic E-state index is 13.3. The van der Waals surface area contributed by atoms with Crippen molar-refractivity contribution in [3.63, 3.8) is 0 Å². The molecule has 9 heteroatoms. The Morgan fingerprint density at radius 1 is 0.750 bits per heavy atom. The number of nitrogens with zero attached hydrogens (tertiary/aromatic N) is 1. The first-order chi connectivity index (χ1) is 21.1. The number of esters is 1. The lowest BCUT2D eigenvalue weighted by Crippen LogP contribution is -2.47. The summed E-state index contributed by atoms with van der Waals surface area (Å²) in [4.78, 5) is 42.2. The second kappa shape index (κ2) is 15.3. The highest BCUT2D eigenvalue weighted by atomic mass is 16.6. The molecule has 228 valence electrons. The van der Waals surface area contributed by atoms with E-state index in [1.807, 2.05) is 66.7 Å². The van der Waals surface area contributed by atoms with Gasteiger partial charge in [-0.2, -0.15) is 0 Å². The van der Waals surface area contributed by atoms with E-state index in [-0.39, 0.29) is 25.4 Å². The second-order valence-corrected chi connectivity index (χ2v) is 11.2. The summed E-state index contributed by atoms with van der Waals surface area (Å²) in [7, 11) is 0. The molecule has 0 bridgehead atoms. The van der Waals surface area contributed by atoms with Crippen molar-refractivity contribution in [1.29, 1.82) is 0 Å². The number of nitrogens with one attached hydrogen (secondary N) is 2. The van der Waals surface area contributed by atoms with Crippen LogP contribution in [0.4, 0.5) is 10.5 Å². The molecule has 0 fully saturated rings. The van der Waals surface area contributed by atoms with Gasteiger partial charge in [-0.15, -0.1) is 0 Å². The third-order valence-corrected chi connectivity index (χ3v) is 6.34. The number of pyridine rings is 1. The quantitative estimate of drug-likeness (QED) is 0.192. The molecule has 0 saturated carbocycles. The summed E-state index contributed by atoms with van der Waals surface area (Å²) in [5.41, 5.74) is 3.28. The Morgan fingerprint density at radius 3 is 2.05 bits per heavy atom. The summed E-state index contributed by atoms with van der Waals surface area (Å²) in [6.45, 7) is 5.88. The van der Waals surface area contributed by atoms with Crippen molar-refractivity contribution < 1.29 is 28.6 Å². The van der Waals surface area contributed by atoms with Gasteiger partial charge in [0.15, 0.2) is 0 Å². The molecule has 9 nitrogen and oxygen atoms in total. The van der Waals surface area contributed by atoms with Gasteiger partial charge in [0.1, 0.15) is 30.6 Å². The standard InChI is InChI=1S/C35H37N3O6/c1-35(2,3)44-34(41)38-31(21-25-11-15-30(16-12-25)42-23-28-17-19-36-20-18-28)33(40)37-29-13-9-26(10-14-29)22-32(39)43-24-27-7-5-4-6-8-27/h4-20,31H,21-24H2,1-3H3,(H,37,40)(H,38,41)/t31-/m0/s1. The maximum atomic E-state index is 13.3. The molecule has 44 heavy (non-hydrogen) atoms. The molecule has 0 spiro atoms. The second-order valence-electron chi connectivity index (χ2n) is 11.2. The molecule has 0 aliphatic heterocycles. The highest BCUT2D eigenvalue weighted by Gasteiger charge is 2.25. The van der Waals surface area contributed by atoms with E-state index in [1.54, 1.807) is 57.4 Å². The van der Waals surface area contributed by atoms with Crippen LogP contribution >= 0.6 is 0 Å². The predicted octanol–water partition coefficient (Wildman–Crippen LogP) is 6.02. The predicted molar refractivity (Wildman–Crippen MR) is 167 cm³/mol. The molecule has 4 aromatic rings. The minimum absolute atomic E-state index is 0.103. The van der Waals surface area contributed by atoms with Gasteiger partial charge in [-0.3, -0.25) is 14.6 Å². The third-order valence-electron chi connectivity index (χ3n) is 6.34. The van der Waals surface area contributed by atoms with Crippen LogP contribution in [-0.2, 0) is 45.1 Å². The summed E-state index contributed by atoms with van der Waals surface area (Å²) in [5, 5.41) is 5.55. The molecule has 0 aliphatic rings. The van der Waals surface area contributed by atoms with Crippen LogP contribution in [-0.4, -0.2) is 34.6 Å². The molecular weight excluding hydrogens is 558 g/mol. The van der Waals surface area contributed by atoms with Gasteiger partial charge in [0.05, 0.1) is 6.42 Å². The Hall–Kier alpha value is -5.18. The van der Waals surface area contributed by atoms with Gasteiger partial charge in [-0.1, -0.05) is 54.6 Å². The highest BCUT2D eigenvalue weighted by molar-refractivity contribution is 5.96. The first-order valence-corrected chi connectivity index (χ1v) is 14.3. The number of ether oxygens (including phenoxy) is 3. The van der Waals surface area contributed by atoms with Crippen LogP contribution in [0.3, 0.4) is 0 Å². The summed E-state index contributed by atoms with van der Waals surface area (Å²) in [6, 6.07) is 26.6. The zero-order chi connectivity index (χ0) is 31.4. The van der Waals surface area contributed by atoms with E-state index in [4.69, 9.17) is 14.2 Å². The molecule has 0 aliphatic carbocycles. The van der Waals surface area contributed by atoms with Crippen LogP contribution < -0.4 is 15.4 Å². The molecule has 2 amide bonds. The first-order valence-electron chi connectivity index (χ1n) is 14.3. The van der Waals surface area contributed by atoms with Crippen molar-refractivity contribution in [2.75, 3.05) is 5.32 Å². The van der Waals surface area contributed by atoms with Crippen molar-refractivity contribution in [3.8, 4) is 5.75 Å². The third kappa shape index (κ3) is 10.9. The minimum atomic E-state index is -0.916. The lowest BCUT2D eigenvalue weighted by molar-refractivity contribution is -0.144. The number of benzene rings is 3. The maximum Gasteiger partial charge on any atom is 0.408 e. The molecule has 0 saturated heterocycles. The topological polar surface area (TPSA) is 116 Å². The average molecular weight is 596 g/mol. The molecule has 0 radical (unpaired) electrons. The van der Waals surface area contributed by atoms with Gasteiger partial charge >= 0.3 is 12.1 Å². The van der Waals surface area contributed by atoms with Crippen LogP contribution in [0.1, 0.15) is 43.0 Å². The molecule has 2 N–H and O–H groups in total. The molecule has 3 aromatic carbocycles.